The van der Waals surface area contributed by atoms with Crippen molar-refractivity contribution < 1.29 is 9.18 Å². The first kappa shape index (κ1) is 16.9. The topological polar surface area (TPSA) is 54.0 Å². The number of anilines is 3. The van der Waals surface area contributed by atoms with Crippen LogP contribution >= 0.6 is 11.6 Å². The van der Waals surface area contributed by atoms with Crippen molar-refractivity contribution in [2.45, 2.75) is 6.92 Å². The molecule has 2 N–H and O–H groups in total. The number of aryl methyl sites for hydroxylation is 1. The van der Waals surface area contributed by atoms with E-state index in [1.807, 2.05) is 25.1 Å². The van der Waals surface area contributed by atoms with Crippen LogP contribution in [0.1, 0.15) is 15.9 Å². The minimum atomic E-state index is -0.477. The van der Waals surface area contributed by atoms with E-state index >= 15 is 0 Å². The van der Waals surface area contributed by atoms with E-state index in [0.29, 0.717) is 22.8 Å². The fraction of sp³-hybridized carbons (Fsp3) is 0.0526. The largest absolute Gasteiger partial charge is 0.340 e. The van der Waals surface area contributed by atoms with Gasteiger partial charge in [0.25, 0.3) is 5.91 Å². The number of benzene rings is 2. The number of aromatic nitrogens is 1. The van der Waals surface area contributed by atoms with Crippen LogP contribution in [0.25, 0.3) is 0 Å². The molecule has 0 saturated heterocycles. The van der Waals surface area contributed by atoms with Gasteiger partial charge in [-0.3, -0.25) is 4.79 Å². The summed E-state index contributed by atoms with van der Waals surface area (Å²) in [6.45, 7) is 1.88. The second-order valence-electron chi connectivity index (χ2n) is 5.46. The van der Waals surface area contributed by atoms with Crippen molar-refractivity contribution in [3.05, 3.63) is 82.8 Å². The molecule has 1 aromatic heterocycles. The predicted octanol–water partition coefficient (Wildman–Crippen LogP) is 5.18. The lowest BCUT2D eigenvalue weighted by atomic mass is 10.1. The summed E-state index contributed by atoms with van der Waals surface area (Å²) in [4.78, 5) is 16.5. The summed E-state index contributed by atoms with van der Waals surface area (Å²) in [6, 6.07) is 15.1. The zero-order valence-corrected chi connectivity index (χ0v) is 14.1. The molecule has 1 amide bonds. The van der Waals surface area contributed by atoms with E-state index in [9.17, 15) is 9.18 Å². The highest BCUT2D eigenvalue weighted by Gasteiger charge is 2.09. The SMILES string of the molecule is Cc1ccccc1C(=O)Nc1ccc(Nc2ccc(F)c(Cl)c2)nc1. The fourth-order valence-electron chi connectivity index (χ4n) is 2.29. The van der Waals surface area contributed by atoms with E-state index < -0.39 is 5.82 Å². The molecule has 126 valence electrons. The van der Waals surface area contributed by atoms with Gasteiger partial charge in [-0.2, -0.15) is 0 Å². The van der Waals surface area contributed by atoms with Gasteiger partial charge in [-0.25, -0.2) is 9.37 Å². The van der Waals surface area contributed by atoms with Crippen LogP contribution in [-0.4, -0.2) is 10.9 Å². The van der Waals surface area contributed by atoms with Crippen LogP contribution in [0.2, 0.25) is 5.02 Å². The van der Waals surface area contributed by atoms with E-state index in [2.05, 4.69) is 15.6 Å². The molecule has 25 heavy (non-hydrogen) atoms. The van der Waals surface area contributed by atoms with Gasteiger partial charge >= 0.3 is 0 Å². The third kappa shape index (κ3) is 4.14. The quantitative estimate of drug-likeness (QED) is 0.678. The number of rotatable bonds is 4. The standard InChI is InChI=1S/C19H15ClFN3O/c1-12-4-2-3-5-15(12)19(25)24-14-7-9-18(22-11-14)23-13-6-8-17(21)16(20)10-13/h2-11H,1H3,(H,22,23)(H,24,25). The average molecular weight is 356 g/mol. The van der Waals surface area contributed by atoms with Crippen molar-refractivity contribution >= 4 is 34.7 Å². The molecular formula is C19H15ClFN3O. The maximum absolute atomic E-state index is 13.2. The Morgan fingerprint density at radius 2 is 1.84 bits per heavy atom. The summed E-state index contributed by atoms with van der Waals surface area (Å²) in [6.07, 6.45) is 1.55. The van der Waals surface area contributed by atoms with Gasteiger partial charge < -0.3 is 10.6 Å². The first-order valence-corrected chi connectivity index (χ1v) is 7.96. The van der Waals surface area contributed by atoms with Gasteiger partial charge in [0.15, 0.2) is 0 Å². The molecule has 0 aliphatic heterocycles. The summed E-state index contributed by atoms with van der Waals surface area (Å²) in [5.74, 6) is -0.114. The number of hydrogen-bond donors (Lipinski definition) is 2. The molecule has 2 aromatic carbocycles. The number of nitrogens with zero attached hydrogens (tertiary/aromatic N) is 1. The van der Waals surface area contributed by atoms with Crippen molar-refractivity contribution in [1.82, 2.24) is 4.98 Å². The minimum absolute atomic E-state index is 0.0344. The molecule has 0 saturated carbocycles. The molecule has 0 aliphatic carbocycles. The van der Waals surface area contributed by atoms with E-state index in [4.69, 9.17) is 11.6 Å². The minimum Gasteiger partial charge on any atom is -0.340 e. The van der Waals surface area contributed by atoms with Crippen molar-refractivity contribution in [2.75, 3.05) is 10.6 Å². The van der Waals surface area contributed by atoms with Gasteiger partial charge in [-0.1, -0.05) is 29.8 Å². The van der Waals surface area contributed by atoms with Gasteiger partial charge in [0.2, 0.25) is 0 Å². The highest BCUT2D eigenvalue weighted by atomic mass is 35.5. The summed E-state index contributed by atoms with van der Waals surface area (Å²) in [5, 5.41) is 5.86. The maximum atomic E-state index is 13.2. The summed E-state index contributed by atoms with van der Waals surface area (Å²) in [5.41, 5.74) is 2.72. The van der Waals surface area contributed by atoms with E-state index in [1.165, 1.54) is 12.1 Å². The van der Waals surface area contributed by atoms with Gasteiger partial charge in [-0.05, 0) is 48.9 Å². The number of hydrogen-bond acceptors (Lipinski definition) is 3. The number of nitrogens with one attached hydrogen (secondary N) is 2. The van der Waals surface area contributed by atoms with Crippen LogP contribution in [0.4, 0.5) is 21.6 Å². The monoisotopic (exact) mass is 355 g/mol. The number of pyridine rings is 1. The van der Waals surface area contributed by atoms with Crippen LogP contribution < -0.4 is 10.6 Å². The second-order valence-corrected chi connectivity index (χ2v) is 5.86. The van der Waals surface area contributed by atoms with Crippen LogP contribution in [0, 0.1) is 12.7 Å². The Morgan fingerprint density at radius 1 is 1.08 bits per heavy atom. The molecule has 0 aliphatic rings. The van der Waals surface area contributed by atoms with Crippen LogP contribution in [0.5, 0.6) is 0 Å². The molecule has 6 heteroatoms. The Balaban J connectivity index is 1.69. The molecule has 0 fully saturated rings. The molecule has 0 radical (unpaired) electrons. The normalized spacial score (nSPS) is 10.4. The molecule has 1 heterocycles. The highest BCUT2D eigenvalue weighted by molar-refractivity contribution is 6.31. The van der Waals surface area contributed by atoms with Crippen LogP contribution in [0.3, 0.4) is 0 Å². The van der Waals surface area contributed by atoms with Gasteiger partial charge in [0.05, 0.1) is 16.9 Å². The van der Waals surface area contributed by atoms with E-state index in [0.717, 1.165) is 5.56 Å². The first-order chi connectivity index (χ1) is 12.0. The number of carbonyl (C=O) groups excluding carboxylic acids is 1. The Bertz CT molecular complexity index is 913. The van der Waals surface area contributed by atoms with Crippen molar-refractivity contribution in [1.29, 1.82) is 0 Å². The molecule has 3 rings (SSSR count). The smallest absolute Gasteiger partial charge is 0.255 e. The maximum Gasteiger partial charge on any atom is 0.255 e. The van der Waals surface area contributed by atoms with E-state index in [-0.39, 0.29) is 10.9 Å². The lowest BCUT2D eigenvalue weighted by Crippen LogP contribution is -2.13. The molecule has 4 nitrogen and oxygen atoms in total. The molecule has 0 unspecified atom stereocenters. The lowest BCUT2D eigenvalue weighted by molar-refractivity contribution is 0.102. The predicted molar refractivity (Wildman–Crippen MR) is 98.1 cm³/mol. The molecule has 3 aromatic rings. The number of amides is 1. The third-order valence-corrected chi connectivity index (χ3v) is 3.89. The zero-order chi connectivity index (χ0) is 17.8. The summed E-state index contributed by atoms with van der Waals surface area (Å²) >= 11 is 5.75. The molecular weight excluding hydrogens is 341 g/mol. The van der Waals surface area contributed by atoms with Crippen molar-refractivity contribution in [3.63, 3.8) is 0 Å². The Morgan fingerprint density at radius 3 is 2.52 bits per heavy atom. The molecule has 0 bridgehead atoms. The summed E-state index contributed by atoms with van der Waals surface area (Å²) < 4.78 is 13.2. The van der Waals surface area contributed by atoms with Gasteiger partial charge in [0, 0.05) is 11.3 Å². The molecule has 0 atom stereocenters. The molecule has 0 spiro atoms. The number of carbonyl (C=O) groups is 1. The summed E-state index contributed by atoms with van der Waals surface area (Å²) in [7, 11) is 0. The first-order valence-electron chi connectivity index (χ1n) is 7.58. The van der Waals surface area contributed by atoms with E-state index in [1.54, 1.807) is 30.5 Å². The third-order valence-electron chi connectivity index (χ3n) is 3.60. The zero-order valence-electron chi connectivity index (χ0n) is 13.4. The van der Waals surface area contributed by atoms with Crippen LogP contribution in [-0.2, 0) is 0 Å². The highest BCUT2D eigenvalue weighted by Crippen LogP contribution is 2.22. The second kappa shape index (κ2) is 7.32. The Labute approximate surface area is 149 Å². The van der Waals surface area contributed by atoms with Gasteiger partial charge in [0.1, 0.15) is 11.6 Å². The Kier molecular flexibility index (Phi) is 4.95. The van der Waals surface area contributed by atoms with Crippen LogP contribution in [0.15, 0.2) is 60.8 Å². The van der Waals surface area contributed by atoms with Crippen molar-refractivity contribution in [3.8, 4) is 0 Å². The lowest BCUT2D eigenvalue weighted by Gasteiger charge is -2.09. The van der Waals surface area contributed by atoms with Gasteiger partial charge in [-0.15, -0.1) is 0 Å². The Hall–Kier alpha value is -2.92. The number of halogens is 2. The fourth-order valence-corrected chi connectivity index (χ4v) is 2.47. The van der Waals surface area contributed by atoms with Crippen molar-refractivity contribution in [2.24, 2.45) is 0 Å². The average Bonchev–Trinajstić information content (AvgIpc) is 2.60.